The van der Waals surface area contributed by atoms with Gasteiger partial charge in [-0.25, -0.2) is 14.4 Å². The Morgan fingerprint density at radius 2 is 0.747 bits per heavy atom. The molecular weight excluding hydrogens is 1060 g/mol. The number of hydrogen-bond donors (Lipinski definition) is 0. The van der Waals surface area contributed by atoms with E-state index in [9.17, 15) is 14.4 Å². The maximum absolute atomic E-state index is 14.8. The fraction of sp³-hybridized carbons (Fsp3) is 0.250. The quantitative estimate of drug-likeness (QED) is 0.0392. The molecule has 8 aromatic rings. The van der Waals surface area contributed by atoms with Gasteiger partial charge in [0, 0.05) is 0 Å². The second-order valence-electron chi connectivity index (χ2n) is 19.7. The second kappa shape index (κ2) is 29.5. The standard InChI is InChI=1S/C68H64O15/c1-72-54-37-39-55(40-38-54)78-68-63(82-66(71)53-35-21-8-22-36-53)61(81-65(70)52-33-19-7-20-34-52)59(57(80-68)46-77-64(69)51-31-17-6-18-32-51)83-67-62(76-44-50-29-15-5-16-30-50)60(75-43-49-27-13-4-14-28-49)58(74-42-48-25-11-3-12-26-48)56(79-67)45-73-41-47-23-9-2-10-24-47/h2-40,56-63,67-68H,41-46H2,1H3/t56-,57-,58+,59+,60+,61+,62-,63-,67-,68-/m1/s1. The summed E-state index contributed by atoms with van der Waals surface area (Å²) in [6, 6.07) is 70.6. The van der Waals surface area contributed by atoms with E-state index < -0.39 is 85.9 Å². The van der Waals surface area contributed by atoms with Gasteiger partial charge in [-0.3, -0.25) is 0 Å². The molecule has 15 nitrogen and oxygen atoms in total. The molecule has 0 bridgehead atoms. The topological polar surface area (TPSA) is 162 Å². The first kappa shape index (κ1) is 57.7. The van der Waals surface area contributed by atoms with Gasteiger partial charge < -0.3 is 56.8 Å². The molecule has 2 saturated heterocycles. The van der Waals surface area contributed by atoms with Crippen LogP contribution >= 0.6 is 0 Å². The van der Waals surface area contributed by atoms with Gasteiger partial charge in [-0.15, -0.1) is 0 Å². The van der Waals surface area contributed by atoms with Gasteiger partial charge in [-0.05, 0) is 82.9 Å². The van der Waals surface area contributed by atoms with Gasteiger partial charge in [0.15, 0.2) is 12.4 Å². The number of hydrogen-bond acceptors (Lipinski definition) is 15. The summed E-state index contributed by atoms with van der Waals surface area (Å²) in [6.45, 7) is 0.0538. The number of carbonyl (C=O) groups excluding carboxylic acids is 3. The molecule has 0 N–H and O–H groups in total. The van der Waals surface area contributed by atoms with E-state index in [2.05, 4.69) is 0 Å². The smallest absolute Gasteiger partial charge is 0.338 e. The summed E-state index contributed by atoms with van der Waals surface area (Å²) >= 11 is 0. The van der Waals surface area contributed by atoms with E-state index in [1.165, 1.54) is 7.11 Å². The average Bonchev–Trinajstić information content (AvgIpc) is 3.74. The minimum Gasteiger partial charge on any atom is -0.497 e. The molecule has 0 saturated carbocycles. The average molecular weight is 1120 g/mol. The second-order valence-corrected chi connectivity index (χ2v) is 19.7. The summed E-state index contributed by atoms with van der Waals surface area (Å²) in [7, 11) is 1.54. The zero-order valence-electron chi connectivity index (χ0n) is 45.7. The van der Waals surface area contributed by atoms with Crippen LogP contribution in [0.5, 0.6) is 11.5 Å². The first-order valence-corrected chi connectivity index (χ1v) is 27.4. The molecular formula is C68H64O15. The highest BCUT2D eigenvalue weighted by atomic mass is 16.8. The zero-order chi connectivity index (χ0) is 57.0. The van der Waals surface area contributed by atoms with Crippen molar-refractivity contribution in [2.45, 2.75) is 87.8 Å². The minimum absolute atomic E-state index is 0.0222. The maximum Gasteiger partial charge on any atom is 0.338 e. The lowest BCUT2D eigenvalue weighted by Gasteiger charge is -2.49. The van der Waals surface area contributed by atoms with E-state index in [0.717, 1.165) is 22.3 Å². The lowest BCUT2D eigenvalue weighted by molar-refractivity contribution is -0.364. The predicted molar refractivity (Wildman–Crippen MR) is 305 cm³/mol. The lowest BCUT2D eigenvalue weighted by atomic mass is 9.95. The molecule has 426 valence electrons. The number of ether oxygens (including phenoxy) is 12. The van der Waals surface area contributed by atoms with Gasteiger partial charge in [-0.1, -0.05) is 176 Å². The number of methoxy groups -OCH3 is 1. The highest BCUT2D eigenvalue weighted by molar-refractivity contribution is 5.91. The van der Waals surface area contributed by atoms with E-state index in [1.54, 1.807) is 115 Å². The molecule has 10 rings (SSSR count). The van der Waals surface area contributed by atoms with Gasteiger partial charge in [0.2, 0.25) is 12.4 Å². The molecule has 83 heavy (non-hydrogen) atoms. The van der Waals surface area contributed by atoms with Crippen LogP contribution in [-0.4, -0.2) is 99.6 Å². The van der Waals surface area contributed by atoms with E-state index in [-0.39, 0.29) is 55.5 Å². The molecule has 0 amide bonds. The van der Waals surface area contributed by atoms with Gasteiger partial charge in [0.05, 0.1) is 56.8 Å². The Balaban J connectivity index is 1.10. The lowest BCUT2D eigenvalue weighted by Crippen LogP contribution is -2.67. The summed E-state index contributed by atoms with van der Waals surface area (Å²) < 4.78 is 80.2. The normalized spacial score (nSPS) is 22.1. The number of benzene rings is 8. The van der Waals surface area contributed by atoms with Crippen LogP contribution in [0.3, 0.4) is 0 Å². The fourth-order valence-electron chi connectivity index (χ4n) is 9.68. The van der Waals surface area contributed by atoms with Crippen molar-refractivity contribution in [1.82, 2.24) is 0 Å². The maximum atomic E-state index is 14.8. The first-order valence-electron chi connectivity index (χ1n) is 27.4. The molecule has 10 atom stereocenters. The van der Waals surface area contributed by atoms with E-state index in [1.807, 2.05) is 121 Å². The summed E-state index contributed by atoms with van der Waals surface area (Å²) in [5.74, 6) is -1.47. The van der Waals surface area contributed by atoms with Crippen molar-refractivity contribution in [3.63, 3.8) is 0 Å². The Labute approximate surface area is 482 Å². The van der Waals surface area contributed by atoms with Crippen LogP contribution in [0.2, 0.25) is 0 Å². The van der Waals surface area contributed by atoms with Crippen LogP contribution in [0.15, 0.2) is 237 Å². The molecule has 8 aromatic carbocycles. The van der Waals surface area contributed by atoms with Crippen molar-refractivity contribution in [2.75, 3.05) is 20.3 Å². The van der Waals surface area contributed by atoms with Gasteiger partial charge >= 0.3 is 17.9 Å². The van der Waals surface area contributed by atoms with E-state index in [0.29, 0.717) is 5.75 Å². The molecule has 2 fully saturated rings. The summed E-state index contributed by atoms with van der Waals surface area (Å²) in [5, 5.41) is 0. The van der Waals surface area contributed by atoms with Crippen LogP contribution < -0.4 is 9.47 Å². The first-order chi connectivity index (χ1) is 40.8. The van der Waals surface area contributed by atoms with Crippen molar-refractivity contribution in [3.8, 4) is 11.5 Å². The third kappa shape index (κ3) is 15.9. The number of carbonyl (C=O) groups is 3. The molecule has 2 heterocycles. The van der Waals surface area contributed by atoms with E-state index >= 15 is 0 Å². The highest BCUT2D eigenvalue weighted by Gasteiger charge is 2.57. The molecule has 15 heteroatoms. The fourth-order valence-corrected chi connectivity index (χ4v) is 9.68. The predicted octanol–water partition coefficient (Wildman–Crippen LogP) is 11.2. The molecule has 2 aliphatic rings. The van der Waals surface area contributed by atoms with Crippen LogP contribution in [-0.2, 0) is 73.8 Å². The molecule has 0 spiro atoms. The van der Waals surface area contributed by atoms with Crippen LogP contribution in [0.1, 0.15) is 53.3 Å². The number of esters is 3. The minimum atomic E-state index is -1.60. The summed E-state index contributed by atoms with van der Waals surface area (Å²) in [6.07, 6.45) is -12.9. The van der Waals surface area contributed by atoms with Crippen molar-refractivity contribution in [2.24, 2.45) is 0 Å². The van der Waals surface area contributed by atoms with Gasteiger partial charge in [0.25, 0.3) is 0 Å². The van der Waals surface area contributed by atoms with Crippen molar-refractivity contribution >= 4 is 17.9 Å². The van der Waals surface area contributed by atoms with Crippen molar-refractivity contribution < 1.29 is 71.2 Å². The molecule has 2 aliphatic heterocycles. The van der Waals surface area contributed by atoms with Crippen LogP contribution in [0.4, 0.5) is 0 Å². The van der Waals surface area contributed by atoms with Crippen LogP contribution in [0, 0.1) is 0 Å². The van der Waals surface area contributed by atoms with Crippen LogP contribution in [0.25, 0.3) is 0 Å². The molecule has 0 unspecified atom stereocenters. The highest BCUT2D eigenvalue weighted by Crippen LogP contribution is 2.38. The van der Waals surface area contributed by atoms with Crippen molar-refractivity contribution in [1.29, 1.82) is 0 Å². The molecule has 0 aromatic heterocycles. The molecule has 0 radical (unpaired) electrons. The Kier molecular flexibility index (Phi) is 20.5. The Hall–Kier alpha value is -8.51. The number of rotatable bonds is 25. The van der Waals surface area contributed by atoms with Gasteiger partial charge in [0.1, 0.15) is 54.7 Å². The Morgan fingerprint density at radius 3 is 1.23 bits per heavy atom. The van der Waals surface area contributed by atoms with Gasteiger partial charge in [-0.2, -0.15) is 0 Å². The Bertz CT molecular complexity index is 3220. The SMILES string of the molecule is COc1ccc(O[C@@H]2O[C@H](COC(=O)c3ccccc3)[C@H](O[C@H]3O[C@H](COCc4ccccc4)[C@H](OCc4ccccc4)[C@H](OCc4ccccc4)[C@H]3OCc3ccccc3)[C@H](OC(=O)c3ccccc3)[C@H]2OC(=O)c2ccccc2)cc1. The Morgan fingerprint density at radius 1 is 0.361 bits per heavy atom. The third-order valence-electron chi connectivity index (χ3n) is 13.9. The summed E-state index contributed by atoms with van der Waals surface area (Å²) in [4.78, 5) is 43.2. The summed E-state index contributed by atoms with van der Waals surface area (Å²) in [5.41, 5.74) is 4.15. The van der Waals surface area contributed by atoms with E-state index in [4.69, 9.17) is 56.8 Å². The van der Waals surface area contributed by atoms with Crippen molar-refractivity contribution in [3.05, 3.63) is 276 Å². The monoisotopic (exact) mass is 1120 g/mol. The third-order valence-corrected chi connectivity index (χ3v) is 13.9. The molecule has 0 aliphatic carbocycles. The zero-order valence-corrected chi connectivity index (χ0v) is 45.7. The largest absolute Gasteiger partial charge is 0.497 e.